The summed E-state index contributed by atoms with van der Waals surface area (Å²) < 4.78 is 0. The van der Waals surface area contributed by atoms with Crippen molar-refractivity contribution in [3.63, 3.8) is 0 Å². The summed E-state index contributed by atoms with van der Waals surface area (Å²) >= 11 is 0. The van der Waals surface area contributed by atoms with E-state index in [1.54, 1.807) is 12.1 Å². The highest BCUT2D eigenvalue weighted by Crippen LogP contribution is 2.18. The van der Waals surface area contributed by atoms with E-state index in [0.717, 1.165) is 17.8 Å². The number of aryl methyl sites for hydroxylation is 2. The molecule has 0 aliphatic heterocycles. The minimum atomic E-state index is -0.938. The Kier molecular flexibility index (Phi) is 4.35. The number of aromatic nitrogens is 1. The van der Waals surface area contributed by atoms with Crippen LogP contribution in [0, 0.1) is 0 Å². The van der Waals surface area contributed by atoms with Gasteiger partial charge < -0.3 is 10.4 Å². The third kappa shape index (κ3) is 3.35. The Morgan fingerprint density at radius 3 is 2.40 bits per heavy atom. The quantitative estimate of drug-likeness (QED) is 0.870. The van der Waals surface area contributed by atoms with Gasteiger partial charge in [0.25, 0.3) is 0 Å². The summed E-state index contributed by atoms with van der Waals surface area (Å²) in [7, 11) is 0. The molecule has 1 aromatic carbocycles. The molecule has 20 heavy (non-hydrogen) atoms. The van der Waals surface area contributed by atoms with Crippen molar-refractivity contribution >= 4 is 17.5 Å². The van der Waals surface area contributed by atoms with Gasteiger partial charge in [-0.25, -0.2) is 9.78 Å². The number of hydrogen-bond donors (Lipinski definition) is 2. The van der Waals surface area contributed by atoms with E-state index in [1.165, 1.54) is 5.56 Å². The van der Waals surface area contributed by atoms with Gasteiger partial charge in [0.15, 0.2) is 0 Å². The van der Waals surface area contributed by atoms with Crippen LogP contribution in [0.3, 0.4) is 0 Å². The van der Waals surface area contributed by atoms with E-state index in [2.05, 4.69) is 17.2 Å². The standard InChI is InChI=1S/C16H18N2O2/c1-3-11-5-7-14(8-6-11)18-15-10-12(16(19)20)9-13(4-2)17-15/h5-10H,3-4H2,1-2H3,(H,17,18)(H,19,20). The zero-order valence-corrected chi connectivity index (χ0v) is 11.7. The molecule has 4 heteroatoms. The Bertz CT molecular complexity index is 606. The summed E-state index contributed by atoms with van der Waals surface area (Å²) in [6.45, 7) is 4.06. The second kappa shape index (κ2) is 6.19. The van der Waals surface area contributed by atoms with Crippen molar-refractivity contribution in [2.45, 2.75) is 26.7 Å². The maximum atomic E-state index is 11.1. The van der Waals surface area contributed by atoms with Crippen LogP contribution in [0.25, 0.3) is 0 Å². The van der Waals surface area contributed by atoms with Crippen LogP contribution in [-0.2, 0) is 12.8 Å². The lowest BCUT2D eigenvalue weighted by atomic mass is 10.1. The van der Waals surface area contributed by atoms with Gasteiger partial charge in [0.1, 0.15) is 5.82 Å². The smallest absolute Gasteiger partial charge is 0.335 e. The van der Waals surface area contributed by atoms with Crippen molar-refractivity contribution in [2.75, 3.05) is 5.32 Å². The van der Waals surface area contributed by atoms with Crippen LogP contribution in [-0.4, -0.2) is 16.1 Å². The average molecular weight is 270 g/mol. The molecular weight excluding hydrogens is 252 g/mol. The van der Waals surface area contributed by atoms with E-state index in [4.69, 9.17) is 5.11 Å². The molecule has 1 aromatic heterocycles. The summed E-state index contributed by atoms with van der Waals surface area (Å²) in [5.74, 6) is -0.377. The first-order chi connectivity index (χ1) is 9.62. The van der Waals surface area contributed by atoms with Gasteiger partial charge >= 0.3 is 5.97 Å². The van der Waals surface area contributed by atoms with E-state index >= 15 is 0 Å². The molecule has 0 aliphatic carbocycles. The molecule has 0 saturated carbocycles. The summed E-state index contributed by atoms with van der Waals surface area (Å²) in [5.41, 5.74) is 3.18. The summed E-state index contributed by atoms with van der Waals surface area (Å²) in [4.78, 5) is 15.5. The first kappa shape index (κ1) is 14.1. The SMILES string of the molecule is CCc1ccc(Nc2cc(C(=O)O)cc(CC)n2)cc1. The molecule has 2 rings (SSSR count). The number of aromatic carboxylic acids is 1. The molecule has 104 valence electrons. The maximum Gasteiger partial charge on any atom is 0.335 e. The average Bonchev–Trinajstić information content (AvgIpc) is 2.47. The van der Waals surface area contributed by atoms with E-state index in [0.29, 0.717) is 12.2 Å². The Balaban J connectivity index is 2.27. The highest BCUT2D eigenvalue weighted by atomic mass is 16.4. The van der Waals surface area contributed by atoms with Gasteiger partial charge in [0.05, 0.1) is 5.56 Å². The number of hydrogen-bond acceptors (Lipinski definition) is 3. The molecule has 2 N–H and O–H groups in total. The molecule has 0 fully saturated rings. The minimum absolute atomic E-state index is 0.254. The fourth-order valence-electron chi connectivity index (χ4n) is 1.93. The number of rotatable bonds is 5. The van der Waals surface area contributed by atoms with Crippen LogP contribution in [0.2, 0.25) is 0 Å². The number of anilines is 2. The van der Waals surface area contributed by atoms with Crippen molar-refractivity contribution in [3.8, 4) is 0 Å². The molecule has 1 heterocycles. The lowest BCUT2D eigenvalue weighted by Gasteiger charge is -2.09. The van der Waals surface area contributed by atoms with E-state index < -0.39 is 5.97 Å². The fourth-order valence-corrected chi connectivity index (χ4v) is 1.93. The lowest BCUT2D eigenvalue weighted by molar-refractivity contribution is 0.0696. The predicted molar refractivity (Wildman–Crippen MR) is 79.7 cm³/mol. The van der Waals surface area contributed by atoms with Crippen LogP contribution in [0.5, 0.6) is 0 Å². The van der Waals surface area contributed by atoms with Crippen molar-refractivity contribution in [2.24, 2.45) is 0 Å². The first-order valence-electron chi connectivity index (χ1n) is 6.72. The summed E-state index contributed by atoms with van der Waals surface area (Å²) in [5, 5.41) is 12.3. The number of carboxylic acids is 1. The molecule has 0 saturated heterocycles. The van der Waals surface area contributed by atoms with Gasteiger partial charge in [-0.2, -0.15) is 0 Å². The normalized spacial score (nSPS) is 10.3. The molecule has 0 unspecified atom stereocenters. The molecule has 0 amide bonds. The van der Waals surface area contributed by atoms with Gasteiger partial charge in [-0.05, 0) is 42.7 Å². The van der Waals surface area contributed by atoms with Gasteiger partial charge in [-0.1, -0.05) is 26.0 Å². The van der Waals surface area contributed by atoms with Crippen molar-refractivity contribution in [1.82, 2.24) is 4.98 Å². The molecule has 0 aliphatic rings. The van der Waals surface area contributed by atoms with Gasteiger partial charge in [-0.15, -0.1) is 0 Å². The van der Waals surface area contributed by atoms with Gasteiger partial charge in [-0.3, -0.25) is 0 Å². The van der Waals surface area contributed by atoms with E-state index in [1.807, 2.05) is 31.2 Å². The largest absolute Gasteiger partial charge is 0.478 e. The highest BCUT2D eigenvalue weighted by molar-refractivity contribution is 5.88. The number of pyridine rings is 1. The zero-order chi connectivity index (χ0) is 14.5. The highest BCUT2D eigenvalue weighted by Gasteiger charge is 2.08. The van der Waals surface area contributed by atoms with Crippen molar-refractivity contribution in [1.29, 1.82) is 0 Å². The van der Waals surface area contributed by atoms with E-state index in [9.17, 15) is 4.79 Å². The van der Waals surface area contributed by atoms with Crippen LogP contribution in [0.15, 0.2) is 36.4 Å². The molecule has 0 bridgehead atoms. The Hall–Kier alpha value is -2.36. The zero-order valence-electron chi connectivity index (χ0n) is 11.7. The molecule has 0 atom stereocenters. The molecule has 0 radical (unpaired) electrons. The molecule has 2 aromatic rings. The number of nitrogens with one attached hydrogen (secondary N) is 1. The maximum absolute atomic E-state index is 11.1. The Labute approximate surface area is 118 Å². The molecular formula is C16H18N2O2. The summed E-state index contributed by atoms with van der Waals surface area (Å²) in [6.07, 6.45) is 1.69. The lowest BCUT2D eigenvalue weighted by Crippen LogP contribution is -2.03. The Morgan fingerprint density at radius 1 is 1.15 bits per heavy atom. The number of nitrogens with zero attached hydrogens (tertiary/aromatic N) is 1. The molecule has 0 spiro atoms. The molecule has 4 nitrogen and oxygen atoms in total. The van der Waals surface area contributed by atoms with E-state index in [-0.39, 0.29) is 5.56 Å². The third-order valence-electron chi connectivity index (χ3n) is 3.12. The van der Waals surface area contributed by atoms with Crippen LogP contribution < -0.4 is 5.32 Å². The van der Waals surface area contributed by atoms with Crippen LogP contribution in [0.4, 0.5) is 11.5 Å². The first-order valence-corrected chi connectivity index (χ1v) is 6.72. The van der Waals surface area contributed by atoms with Crippen molar-refractivity contribution in [3.05, 3.63) is 53.2 Å². The topological polar surface area (TPSA) is 62.2 Å². The predicted octanol–water partition coefficient (Wildman–Crippen LogP) is 3.65. The van der Waals surface area contributed by atoms with Crippen LogP contribution >= 0.6 is 0 Å². The summed E-state index contributed by atoms with van der Waals surface area (Å²) in [6, 6.07) is 11.2. The third-order valence-corrected chi connectivity index (χ3v) is 3.12. The number of benzene rings is 1. The van der Waals surface area contributed by atoms with Crippen molar-refractivity contribution < 1.29 is 9.90 Å². The number of carbonyl (C=O) groups is 1. The number of carboxylic acid groups (broad SMARTS) is 1. The minimum Gasteiger partial charge on any atom is -0.478 e. The van der Waals surface area contributed by atoms with Gasteiger partial charge in [0.2, 0.25) is 0 Å². The van der Waals surface area contributed by atoms with Gasteiger partial charge in [0, 0.05) is 11.4 Å². The monoisotopic (exact) mass is 270 g/mol. The second-order valence-corrected chi connectivity index (χ2v) is 4.57. The second-order valence-electron chi connectivity index (χ2n) is 4.57. The fraction of sp³-hybridized carbons (Fsp3) is 0.250. The van der Waals surface area contributed by atoms with Crippen LogP contribution in [0.1, 0.15) is 35.5 Å². The Morgan fingerprint density at radius 2 is 1.85 bits per heavy atom.